The van der Waals surface area contributed by atoms with Gasteiger partial charge in [0.2, 0.25) is 0 Å². The van der Waals surface area contributed by atoms with Gasteiger partial charge in [-0.3, -0.25) is 4.79 Å². The fourth-order valence-corrected chi connectivity index (χ4v) is 1.65. The predicted molar refractivity (Wildman–Crippen MR) is 63.0 cm³/mol. The van der Waals surface area contributed by atoms with Crippen LogP contribution in [0.5, 0.6) is 0 Å². The molecule has 1 atom stereocenters. The van der Waals surface area contributed by atoms with Crippen LogP contribution in [0.3, 0.4) is 0 Å². The number of hydrogen-bond donors (Lipinski definition) is 1. The van der Waals surface area contributed by atoms with E-state index in [0.717, 1.165) is 18.7 Å². The lowest BCUT2D eigenvalue weighted by Gasteiger charge is -2.12. The molecule has 4 heteroatoms. The smallest absolute Gasteiger partial charge is 0.323 e. The van der Waals surface area contributed by atoms with Crippen LogP contribution in [0.25, 0.3) is 0 Å². The highest BCUT2D eigenvalue weighted by Gasteiger charge is 2.16. The van der Waals surface area contributed by atoms with Crippen LogP contribution < -0.4 is 5.73 Å². The zero-order valence-corrected chi connectivity index (χ0v) is 9.98. The Morgan fingerprint density at radius 2 is 2.31 bits per heavy atom. The van der Waals surface area contributed by atoms with E-state index in [9.17, 15) is 4.79 Å². The second kappa shape index (κ2) is 6.33. The zero-order valence-electron chi connectivity index (χ0n) is 9.98. The molecule has 90 valence electrons. The maximum absolute atomic E-state index is 11.4. The fourth-order valence-electron chi connectivity index (χ4n) is 1.65. The highest BCUT2D eigenvalue weighted by Crippen LogP contribution is 2.07. The van der Waals surface area contributed by atoms with Crippen LogP contribution in [0, 0.1) is 0 Å². The summed E-state index contributed by atoms with van der Waals surface area (Å²) >= 11 is 0. The van der Waals surface area contributed by atoms with E-state index in [1.165, 1.54) is 0 Å². The number of aromatic nitrogens is 1. The summed E-state index contributed by atoms with van der Waals surface area (Å²) < 4.78 is 7.00. The lowest BCUT2D eigenvalue weighted by Crippen LogP contribution is -2.35. The number of rotatable bonds is 6. The van der Waals surface area contributed by atoms with E-state index in [4.69, 9.17) is 10.5 Å². The van der Waals surface area contributed by atoms with Crippen molar-refractivity contribution >= 4 is 5.97 Å². The largest absolute Gasteiger partial charge is 0.465 e. The molecule has 0 aliphatic heterocycles. The number of nitrogens with two attached hydrogens (primary N) is 1. The van der Waals surface area contributed by atoms with Crippen molar-refractivity contribution in [2.45, 2.75) is 39.3 Å². The Bertz CT molecular complexity index is 334. The Kier molecular flexibility index (Phi) is 5.05. The molecule has 1 aromatic heterocycles. The maximum atomic E-state index is 11.4. The zero-order chi connectivity index (χ0) is 12.0. The predicted octanol–water partition coefficient (Wildman–Crippen LogP) is 1.33. The van der Waals surface area contributed by atoms with Gasteiger partial charge in [-0.15, -0.1) is 0 Å². The third kappa shape index (κ3) is 3.38. The monoisotopic (exact) mass is 224 g/mol. The highest BCUT2D eigenvalue weighted by atomic mass is 16.5. The third-order valence-electron chi connectivity index (χ3n) is 2.41. The summed E-state index contributed by atoms with van der Waals surface area (Å²) in [7, 11) is 0. The van der Waals surface area contributed by atoms with Crippen molar-refractivity contribution in [2.24, 2.45) is 5.73 Å². The Hall–Kier alpha value is -1.29. The average molecular weight is 224 g/mol. The van der Waals surface area contributed by atoms with Gasteiger partial charge in [0.25, 0.3) is 0 Å². The molecule has 2 N–H and O–H groups in total. The number of ether oxygens (including phenoxy) is 1. The van der Waals surface area contributed by atoms with Gasteiger partial charge in [-0.25, -0.2) is 0 Å². The van der Waals surface area contributed by atoms with E-state index >= 15 is 0 Å². The van der Waals surface area contributed by atoms with Crippen molar-refractivity contribution in [1.82, 2.24) is 4.57 Å². The molecule has 0 radical (unpaired) electrons. The second-order valence-electron chi connectivity index (χ2n) is 3.76. The number of nitrogens with zero attached hydrogens (tertiary/aromatic N) is 1. The summed E-state index contributed by atoms with van der Waals surface area (Å²) in [5, 5.41) is 0. The van der Waals surface area contributed by atoms with Gasteiger partial charge in [0, 0.05) is 24.9 Å². The minimum absolute atomic E-state index is 0.327. The molecule has 1 rings (SSSR count). The highest BCUT2D eigenvalue weighted by molar-refractivity contribution is 5.75. The molecule has 16 heavy (non-hydrogen) atoms. The van der Waals surface area contributed by atoms with Crippen LogP contribution in [-0.4, -0.2) is 23.2 Å². The number of carbonyl (C=O) groups is 1. The summed E-state index contributed by atoms with van der Waals surface area (Å²) in [6.07, 6.45) is 3.61. The molecule has 0 aromatic carbocycles. The lowest BCUT2D eigenvalue weighted by atomic mass is 10.1. The molecule has 0 saturated carbocycles. The number of aryl methyl sites for hydroxylation is 1. The Morgan fingerprint density at radius 3 is 2.94 bits per heavy atom. The molecule has 0 aliphatic carbocycles. The molecule has 0 spiro atoms. The van der Waals surface area contributed by atoms with Gasteiger partial charge < -0.3 is 15.0 Å². The average Bonchev–Trinajstić information content (AvgIpc) is 2.67. The molecule has 1 heterocycles. The van der Waals surface area contributed by atoms with Crippen molar-refractivity contribution in [3.63, 3.8) is 0 Å². The van der Waals surface area contributed by atoms with E-state index < -0.39 is 6.04 Å². The second-order valence-corrected chi connectivity index (χ2v) is 3.76. The number of hydrogen-bond acceptors (Lipinski definition) is 3. The molecule has 0 saturated heterocycles. The van der Waals surface area contributed by atoms with E-state index in [2.05, 4.69) is 11.5 Å². The van der Waals surface area contributed by atoms with Crippen LogP contribution in [0.4, 0.5) is 0 Å². The minimum atomic E-state index is -0.564. The van der Waals surface area contributed by atoms with E-state index in [1.54, 1.807) is 6.92 Å². The van der Waals surface area contributed by atoms with Crippen molar-refractivity contribution in [3.05, 3.63) is 24.0 Å². The topological polar surface area (TPSA) is 57.2 Å². The van der Waals surface area contributed by atoms with Crippen LogP contribution in [0.1, 0.15) is 26.0 Å². The SMILES string of the molecule is CCCn1cccc1CC(N)C(=O)OCC. The van der Waals surface area contributed by atoms with Crippen LogP contribution >= 0.6 is 0 Å². The first-order valence-electron chi connectivity index (χ1n) is 5.75. The Morgan fingerprint density at radius 1 is 1.56 bits per heavy atom. The van der Waals surface area contributed by atoms with Crippen molar-refractivity contribution in [1.29, 1.82) is 0 Å². The van der Waals surface area contributed by atoms with Crippen LogP contribution in [0.2, 0.25) is 0 Å². The van der Waals surface area contributed by atoms with Gasteiger partial charge in [0.15, 0.2) is 0 Å². The van der Waals surface area contributed by atoms with Gasteiger partial charge in [-0.2, -0.15) is 0 Å². The van der Waals surface area contributed by atoms with Gasteiger partial charge in [0.05, 0.1) is 6.61 Å². The summed E-state index contributed by atoms with van der Waals surface area (Å²) in [4.78, 5) is 11.4. The van der Waals surface area contributed by atoms with E-state index in [1.807, 2.05) is 18.3 Å². The molecule has 0 bridgehead atoms. The number of esters is 1. The van der Waals surface area contributed by atoms with Gasteiger partial charge in [-0.05, 0) is 25.5 Å². The summed E-state index contributed by atoms with van der Waals surface area (Å²) in [6.45, 7) is 5.24. The Labute approximate surface area is 96.4 Å². The summed E-state index contributed by atoms with van der Waals surface area (Å²) in [6, 6.07) is 3.41. The molecule has 0 aliphatic rings. The first-order valence-corrected chi connectivity index (χ1v) is 5.75. The normalized spacial score (nSPS) is 12.4. The lowest BCUT2D eigenvalue weighted by molar-refractivity contribution is -0.144. The first kappa shape index (κ1) is 12.8. The Balaban J connectivity index is 2.58. The van der Waals surface area contributed by atoms with Gasteiger partial charge in [-0.1, -0.05) is 6.92 Å². The van der Waals surface area contributed by atoms with Crippen LogP contribution in [-0.2, 0) is 22.5 Å². The number of carbonyl (C=O) groups excluding carboxylic acids is 1. The maximum Gasteiger partial charge on any atom is 0.323 e. The van der Waals surface area contributed by atoms with Gasteiger partial charge in [0.1, 0.15) is 6.04 Å². The molecule has 1 aromatic rings. The molecule has 1 unspecified atom stereocenters. The standard InChI is InChI=1S/C12H20N2O2/c1-3-7-14-8-5-6-10(14)9-11(13)12(15)16-4-2/h5-6,8,11H,3-4,7,9,13H2,1-2H3. The summed E-state index contributed by atoms with van der Waals surface area (Å²) in [5.41, 5.74) is 6.86. The summed E-state index contributed by atoms with van der Waals surface area (Å²) in [5.74, 6) is -0.327. The quantitative estimate of drug-likeness (QED) is 0.742. The van der Waals surface area contributed by atoms with E-state index in [0.29, 0.717) is 13.0 Å². The molecular weight excluding hydrogens is 204 g/mol. The van der Waals surface area contributed by atoms with Crippen molar-refractivity contribution in [2.75, 3.05) is 6.61 Å². The third-order valence-corrected chi connectivity index (χ3v) is 2.41. The molecular formula is C12H20N2O2. The van der Waals surface area contributed by atoms with Gasteiger partial charge >= 0.3 is 5.97 Å². The van der Waals surface area contributed by atoms with Crippen molar-refractivity contribution in [3.8, 4) is 0 Å². The van der Waals surface area contributed by atoms with Crippen LogP contribution in [0.15, 0.2) is 18.3 Å². The molecule has 4 nitrogen and oxygen atoms in total. The van der Waals surface area contributed by atoms with E-state index in [-0.39, 0.29) is 5.97 Å². The van der Waals surface area contributed by atoms with Crippen molar-refractivity contribution < 1.29 is 9.53 Å². The molecule has 0 amide bonds. The molecule has 0 fully saturated rings. The fraction of sp³-hybridized carbons (Fsp3) is 0.583. The first-order chi connectivity index (χ1) is 7.69. The minimum Gasteiger partial charge on any atom is -0.465 e.